The molecular formula is C24H31N3O3S. The number of aryl methyl sites for hydroxylation is 2. The molecule has 0 aliphatic rings. The number of fused-ring (bicyclic) bond motifs is 1. The Balaban J connectivity index is 1.44. The molecule has 166 valence electrons. The largest absolute Gasteiger partial charge is 0.348 e. The summed E-state index contributed by atoms with van der Waals surface area (Å²) in [6.45, 7) is 2.80. The summed E-state index contributed by atoms with van der Waals surface area (Å²) >= 11 is 0. The van der Waals surface area contributed by atoms with E-state index >= 15 is 0 Å². The van der Waals surface area contributed by atoms with Gasteiger partial charge in [-0.1, -0.05) is 43.2 Å². The Labute approximate surface area is 186 Å². The summed E-state index contributed by atoms with van der Waals surface area (Å²) in [5, 5.41) is 9.67. The van der Waals surface area contributed by atoms with Crippen molar-refractivity contribution < 1.29 is 14.2 Å². The molecule has 3 rings (SSSR count). The van der Waals surface area contributed by atoms with E-state index in [4.69, 9.17) is 5.21 Å². The molecule has 0 fully saturated rings. The zero-order chi connectivity index (χ0) is 22.2. The predicted molar refractivity (Wildman–Crippen MR) is 126 cm³/mol. The maximum absolute atomic E-state index is 12.3. The smallest absolute Gasteiger partial charge is 0.243 e. The molecule has 3 N–H and O–H groups in total. The second-order valence-corrected chi connectivity index (χ2v) is 9.17. The zero-order valence-corrected chi connectivity index (χ0v) is 19.0. The fourth-order valence-corrected chi connectivity index (χ4v) is 4.64. The van der Waals surface area contributed by atoms with E-state index < -0.39 is 11.0 Å². The minimum atomic E-state index is -1.11. The Kier molecular flexibility index (Phi) is 8.40. The summed E-state index contributed by atoms with van der Waals surface area (Å²) in [5.74, 6) is 0.134. The summed E-state index contributed by atoms with van der Waals surface area (Å²) in [7, 11) is 0.976. The molecule has 3 aromatic rings. The van der Waals surface area contributed by atoms with E-state index in [2.05, 4.69) is 59.7 Å². The lowest BCUT2D eigenvalue weighted by atomic mass is 10.0. The molecular weight excluding hydrogens is 410 g/mol. The molecule has 0 bridgehead atoms. The second-order valence-electron chi connectivity index (χ2n) is 7.90. The molecule has 7 heteroatoms. The molecule has 1 unspecified atom stereocenters. The third-order valence-electron chi connectivity index (χ3n) is 5.59. The van der Waals surface area contributed by atoms with E-state index in [0.29, 0.717) is 18.7 Å². The number of carbonyl (C=O) groups is 1. The van der Waals surface area contributed by atoms with E-state index in [1.54, 1.807) is 5.48 Å². The number of amides is 1. The normalized spacial score (nSPS) is 12.2. The number of hydrogen-bond donors (Lipinski definition) is 3. The first-order valence-electron chi connectivity index (χ1n) is 10.7. The van der Waals surface area contributed by atoms with Crippen molar-refractivity contribution in [1.82, 2.24) is 14.8 Å². The molecule has 6 nitrogen and oxygen atoms in total. The Morgan fingerprint density at radius 1 is 1.00 bits per heavy atom. The van der Waals surface area contributed by atoms with Crippen molar-refractivity contribution in [3.05, 3.63) is 59.8 Å². The molecule has 1 amide bonds. The van der Waals surface area contributed by atoms with Gasteiger partial charge in [0, 0.05) is 36.6 Å². The van der Waals surface area contributed by atoms with Gasteiger partial charge in [-0.05, 0) is 54.7 Å². The highest BCUT2D eigenvalue weighted by Crippen LogP contribution is 2.26. The van der Waals surface area contributed by atoms with Crippen LogP contribution in [0, 0.1) is 6.92 Å². The monoisotopic (exact) mass is 441 g/mol. The predicted octanol–water partition coefficient (Wildman–Crippen LogP) is 4.36. The summed E-state index contributed by atoms with van der Waals surface area (Å²) in [5.41, 5.74) is 7.49. The molecule has 2 aromatic carbocycles. The van der Waals surface area contributed by atoms with E-state index in [0.717, 1.165) is 36.8 Å². The van der Waals surface area contributed by atoms with Crippen molar-refractivity contribution in [2.45, 2.75) is 44.8 Å². The van der Waals surface area contributed by atoms with Crippen molar-refractivity contribution >= 4 is 27.8 Å². The van der Waals surface area contributed by atoms with E-state index in [-0.39, 0.29) is 5.91 Å². The van der Waals surface area contributed by atoms with Gasteiger partial charge in [0.1, 0.15) is 0 Å². The highest BCUT2D eigenvalue weighted by atomic mass is 32.2. The molecule has 0 radical (unpaired) electrons. The minimum absolute atomic E-state index is 0.338. The maximum Gasteiger partial charge on any atom is 0.243 e. The fourth-order valence-electron chi connectivity index (χ4n) is 3.67. The SMILES string of the molecule is Cc1cc2cc(-c3ccc(CS(=O)NCCCCCCC(=O)NO)cc3)ccc2n1C. The standard InChI is InChI=1S/C24H31N3O3S/c1-18-15-22-16-21(12-13-23(22)27(18)2)20-10-8-19(9-11-20)17-31(30)25-14-6-4-3-5-7-24(28)26-29/h8-13,15-16,25,29H,3-7,14,17H2,1-2H3,(H,26,28). The molecule has 0 aliphatic heterocycles. The van der Waals surface area contributed by atoms with Crippen LogP contribution in [-0.2, 0) is 28.6 Å². The molecule has 0 aliphatic carbocycles. The first-order valence-corrected chi connectivity index (χ1v) is 12.0. The quantitative estimate of drug-likeness (QED) is 0.235. The number of nitrogens with zero attached hydrogens (tertiary/aromatic N) is 1. The molecule has 1 heterocycles. The van der Waals surface area contributed by atoms with Gasteiger partial charge >= 0.3 is 0 Å². The van der Waals surface area contributed by atoms with Crippen molar-refractivity contribution in [1.29, 1.82) is 0 Å². The van der Waals surface area contributed by atoms with Gasteiger partial charge in [0.15, 0.2) is 0 Å². The van der Waals surface area contributed by atoms with E-state index in [9.17, 15) is 9.00 Å². The van der Waals surface area contributed by atoms with Gasteiger partial charge in [-0.2, -0.15) is 0 Å². The zero-order valence-electron chi connectivity index (χ0n) is 18.2. The van der Waals surface area contributed by atoms with Crippen LogP contribution in [0.2, 0.25) is 0 Å². The first-order chi connectivity index (χ1) is 15.0. The van der Waals surface area contributed by atoms with E-state index in [1.165, 1.54) is 22.2 Å². The maximum atomic E-state index is 12.3. The van der Waals surface area contributed by atoms with Crippen LogP contribution in [-0.4, -0.2) is 26.4 Å². The lowest BCUT2D eigenvalue weighted by Crippen LogP contribution is -2.20. The van der Waals surface area contributed by atoms with Crippen LogP contribution >= 0.6 is 0 Å². The van der Waals surface area contributed by atoms with Crippen molar-refractivity contribution in [2.75, 3.05) is 6.54 Å². The Morgan fingerprint density at radius 2 is 1.71 bits per heavy atom. The topological polar surface area (TPSA) is 83.4 Å². The number of benzene rings is 2. The molecule has 0 spiro atoms. The van der Waals surface area contributed by atoms with Gasteiger partial charge in [-0.15, -0.1) is 0 Å². The summed E-state index contributed by atoms with van der Waals surface area (Å²) in [6, 6.07) is 17.0. The van der Waals surface area contributed by atoms with Crippen LogP contribution in [0.1, 0.15) is 43.4 Å². The third-order valence-corrected chi connectivity index (χ3v) is 6.71. The Morgan fingerprint density at radius 3 is 2.45 bits per heavy atom. The number of aromatic nitrogens is 1. The number of carbonyl (C=O) groups excluding carboxylic acids is 1. The number of unbranched alkanes of at least 4 members (excludes halogenated alkanes) is 3. The van der Waals surface area contributed by atoms with Gasteiger partial charge in [-0.25, -0.2) is 14.4 Å². The van der Waals surface area contributed by atoms with Gasteiger partial charge in [0.05, 0.1) is 16.7 Å². The first kappa shape index (κ1) is 23.2. The molecule has 1 atom stereocenters. The molecule has 0 saturated carbocycles. The number of rotatable bonds is 11. The van der Waals surface area contributed by atoms with Crippen molar-refractivity contribution in [3.63, 3.8) is 0 Å². The fraction of sp³-hybridized carbons (Fsp3) is 0.375. The highest BCUT2D eigenvalue weighted by molar-refractivity contribution is 7.82. The number of hydrogen-bond acceptors (Lipinski definition) is 3. The van der Waals surface area contributed by atoms with Crippen LogP contribution < -0.4 is 10.2 Å². The Bertz CT molecular complexity index is 1040. The lowest BCUT2D eigenvalue weighted by Gasteiger charge is -2.07. The summed E-state index contributed by atoms with van der Waals surface area (Å²) in [6.07, 6.45) is 3.87. The van der Waals surface area contributed by atoms with E-state index in [1.807, 2.05) is 12.1 Å². The number of hydroxylamine groups is 1. The van der Waals surface area contributed by atoms with Crippen LogP contribution in [0.4, 0.5) is 0 Å². The lowest BCUT2D eigenvalue weighted by molar-refractivity contribution is -0.129. The average molecular weight is 442 g/mol. The van der Waals surface area contributed by atoms with Crippen LogP contribution in [0.3, 0.4) is 0 Å². The Hall–Kier alpha value is -2.48. The highest BCUT2D eigenvalue weighted by Gasteiger charge is 2.06. The minimum Gasteiger partial charge on any atom is -0.348 e. The van der Waals surface area contributed by atoms with Gasteiger partial charge in [0.25, 0.3) is 0 Å². The van der Waals surface area contributed by atoms with Gasteiger partial charge in [-0.3, -0.25) is 10.0 Å². The summed E-state index contributed by atoms with van der Waals surface area (Å²) < 4.78 is 17.5. The average Bonchev–Trinajstić information content (AvgIpc) is 3.06. The van der Waals surface area contributed by atoms with Crippen LogP contribution in [0.5, 0.6) is 0 Å². The molecule has 1 aromatic heterocycles. The van der Waals surface area contributed by atoms with Crippen LogP contribution in [0.25, 0.3) is 22.0 Å². The van der Waals surface area contributed by atoms with Crippen molar-refractivity contribution in [2.24, 2.45) is 7.05 Å². The van der Waals surface area contributed by atoms with Gasteiger partial charge in [0.2, 0.25) is 5.91 Å². The van der Waals surface area contributed by atoms with Crippen molar-refractivity contribution in [3.8, 4) is 11.1 Å². The van der Waals surface area contributed by atoms with Gasteiger partial charge < -0.3 is 4.57 Å². The molecule has 0 saturated heterocycles. The second kappa shape index (κ2) is 11.2. The number of nitrogens with one attached hydrogen (secondary N) is 2. The van der Waals surface area contributed by atoms with Crippen LogP contribution in [0.15, 0.2) is 48.5 Å². The summed E-state index contributed by atoms with van der Waals surface area (Å²) in [4.78, 5) is 10.9. The third kappa shape index (κ3) is 6.50. The molecule has 31 heavy (non-hydrogen) atoms.